The van der Waals surface area contributed by atoms with Gasteiger partial charge in [-0.05, 0) is 13.0 Å². The lowest BCUT2D eigenvalue weighted by atomic mass is 10.2. The van der Waals surface area contributed by atoms with E-state index in [0.29, 0.717) is 5.88 Å². The molecule has 0 unspecified atom stereocenters. The first-order valence-corrected chi connectivity index (χ1v) is 5.14. The van der Waals surface area contributed by atoms with Crippen molar-refractivity contribution in [3.63, 3.8) is 0 Å². The molecule has 0 aliphatic rings. The number of ether oxygens (including phenoxy) is 1. The highest BCUT2D eigenvalue weighted by atomic mass is 16.5. The second kappa shape index (κ2) is 4.36. The van der Waals surface area contributed by atoms with Gasteiger partial charge >= 0.3 is 5.97 Å². The van der Waals surface area contributed by atoms with Crippen molar-refractivity contribution in [1.82, 2.24) is 14.8 Å². The van der Waals surface area contributed by atoms with E-state index in [0.717, 1.165) is 5.69 Å². The van der Waals surface area contributed by atoms with Crippen LogP contribution in [0.25, 0.3) is 0 Å². The molecule has 7 heteroatoms. The van der Waals surface area contributed by atoms with Gasteiger partial charge in [-0.2, -0.15) is 5.10 Å². The van der Waals surface area contributed by atoms with Crippen LogP contribution in [0, 0.1) is 6.92 Å². The van der Waals surface area contributed by atoms with E-state index in [2.05, 4.69) is 10.1 Å². The second-order valence-electron chi connectivity index (χ2n) is 3.76. The van der Waals surface area contributed by atoms with Gasteiger partial charge in [0, 0.05) is 13.1 Å². The van der Waals surface area contributed by atoms with Crippen LogP contribution in [0.5, 0.6) is 11.6 Å². The van der Waals surface area contributed by atoms with Crippen LogP contribution in [0.3, 0.4) is 0 Å². The van der Waals surface area contributed by atoms with Crippen LogP contribution < -0.4 is 10.5 Å². The Morgan fingerprint density at radius 1 is 1.50 bits per heavy atom. The number of carbonyl (C=O) groups is 1. The quantitative estimate of drug-likeness (QED) is 0.845. The van der Waals surface area contributed by atoms with Crippen molar-refractivity contribution in [2.45, 2.75) is 6.92 Å². The van der Waals surface area contributed by atoms with E-state index < -0.39 is 5.97 Å². The zero-order valence-corrected chi connectivity index (χ0v) is 9.91. The number of nitrogens with two attached hydrogens (primary N) is 1. The Hall–Kier alpha value is -2.57. The number of anilines is 1. The number of aromatic nitrogens is 3. The normalized spacial score (nSPS) is 10.3. The summed E-state index contributed by atoms with van der Waals surface area (Å²) in [6.07, 6.45) is 1.28. The standard InChI is InChI=1S/C11H12N4O3/c1-6-3-10(15(2)14-6)18-8-5-13-9(12)4-7(8)11(16)17/h3-5H,1-2H3,(H2,12,13)(H,16,17). The van der Waals surface area contributed by atoms with Gasteiger partial charge in [0.25, 0.3) is 0 Å². The number of hydrogen-bond acceptors (Lipinski definition) is 5. The van der Waals surface area contributed by atoms with Crippen LogP contribution in [-0.2, 0) is 7.05 Å². The molecule has 0 fully saturated rings. The van der Waals surface area contributed by atoms with Gasteiger partial charge in [-0.15, -0.1) is 0 Å². The van der Waals surface area contributed by atoms with Crippen molar-refractivity contribution in [2.24, 2.45) is 7.05 Å². The van der Waals surface area contributed by atoms with E-state index in [-0.39, 0.29) is 17.1 Å². The Labute approximate surface area is 103 Å². The van der Waals surface area contributed by atoms with E-state index in [1.165, 1.54) is 16.9 Å². The first-order chi connectivity index (χ1) is 8.47. The average molecular weight is 248 g/mol. The minimum atomic E-state index is -1.13. The van der Waals surface area contributed by atoms with Crippen molar-refractivity contribution >= 4 is 11.8 Å². The number of aromatic carboxylic acids is 1. The summed E-state index contributed by atoms with van der Waals surface area (Å²) in [5, 5.41) is 13.2. The molecule has 7 nitrogen and oxygen atoms in total. The van der Waals surface area contributed by atoms with Gasteiger partial charge in [0.15, 0.2) is 5.75 Å². The highest BCUT2D eigenvalue weighted by molar-refractivity contribution is 5.91. The third kappa shape index (κ3) is 2.24. The lowest BCUT2D eigenvalue weighted by molar-refractivity contribution is 0.0694. The maximum Gasteiger partial charge on any atom is 0.339 e. The molecule has 0 amide bonds. The zero-order valence-electron chi connectivity index (χ0n) is 9.91. The molecule has 2 heterocycles. The number of rotatable bonds is 3. The monoisotopic (exact) mass is 248 g/mol. The molecular weight excluding hydrogens is 236 g/mol. The molecule has 0 radical (unpaired) electrons. The topological polar surface area (TPSA) is 103 Å². The van der Waals surface area contributed by atoms with Crippen LogP contribution in [0.15, 0.2) is 18.3 Å². The molecule has 0 saturated heterocycles. The summed E-state index contributed by atoms with van der Waals surface area (Å²) in [6, 6.07) is 2.95. The van der Waals surface area contributed by atoms with Crippen molar-refractivity contribution in [1.29, 1.82) is 0 Å². The lowest BCUT2D eigenvalue weighted by Gasteiger charge is -2.08. The molecule has 2 aromatic heterocycles. The molecule has 2 aromatic rings. The molecule has 3 N–H and O–H groups in total. The SMILES string of the molecule is Cc1cc(Oc2cnc(N)cc2C(=O)O)n(C)n1. The highest BCUT2D eigenvalue weighted by Gasteiger charge is 2.15. The van der Waals surface area contributed by atoms with E-state index in [4.69, 9.17) is 15.6 Å². The van der Waals surface area contributed by atoms with E-state index in [9.17, 15) is 4.79 Å². The van der Waals surface area contributed by atoms with E-state index in [1.54, 1.807) is 13.1 Å². The van der Waals surface area contributed by atoms with Crippen LogP contribution >= 0.6 is 0 Å². The predicted octanol–water partition coefficient (Wildman–Crippen LogP) is 1.20. The van der Waals surface area contributed by atoms with Gasteiger partial charge < -0.3 is 15.6 Å². The van der Waals surface area contributed by atoms with E-state index >= 15 is 0 Å². The zero-order chi connectivity index (χ0) is 13.3. The molecule has 0 spiro atoms. The molecular formula is C11H12N4O3. The molecule has 94 valence electrons. The summed E-state index contributed by atoms with van der Waals surface area (Å²) in [4.78, 5) is 14.9. The van der Waals surface area contributed by atoms with Gasteiger partial charge in [-0.25, -0.2) is 14.5 Å². The summed E-state index contributed by atoms with van der Waals surface area (Å²) < 4.78 is 6.99. The predicted molar refractivity (Wildman–Crippen MR) is 63.6 cm³/mol. The Morgan fingerprint density at radius 2 is 2.22 bits per heavy atom. The fraction of sp³-hybridized carbons (Fsp3) is 0.182. The van der Waals surface area contributed by atoms with E-state index in [1.807, 2.05) is 6.92 Å². The van der Waals surface area contributed by atoms with Gasteiger partial charge in [0.05, 0.1) is 11.9 Å². The molecule has 2 rings (SSSR count). The van der Waals surface area contributed by atoms with Crippen LogP contribution in [-0.4, -0.2) is 25.8 Å². The summed E-state index contributed by atoms with van der Waals surface area (Å²) in [5.41, 5.74) is 6.18. The van der Waals surface area contributed by atoms with Gasteiger partial charge in [-0.3, -0.25) is 0 Å². The number of carboxylic acid groups (broad SMARTS) is 1. The molecule has 0 saturated carbocycles. The first kappa shape index (κ1) is 11.9. The third-order valence-corrected chi connectivity index (χ3v) is 2.29. The molecule has 0 atom stereocenters. The number of carboxylic acids is 1. The Bertz CT molecular complexity index is 606. The number of nitrogens with zero attached hydrogens (tertiary/aromatic N) is 3. The van der Waals surface area contributed by atoms with Crippen molar-refractivity contribution in [3.05, 3.63) is 29.6 Å². The third-order valence-electron chi connectivity index (χ3n) is 2.29. The Morgan fingerprint density at radius 3 is 2.78 bits per heavy atom. The maximum absolute atomic E-state index is 11.1. The molecule has 0 aliphatic heterocycles. The summed E-state index contributed by atoms with van der Waals surface area (Å²) in [5.74, 6) is -0.444. The second-order valence-corrected chi connectivity index (χ2v) is 3.76. The summed E-state index contributed by atoms with van der Waals surface area (Å²) in [6.45, 7) is 1.81. The Balaban J connectivity index is 2.40. The first-order valence-electron chi connectivity index (χ1n) is 5.14. The fourth-order valence-corrected chi connectivity index (χ4v) is 1.50. The molecule has 0 aromatic carbocycles. The van der Waals surface area contributed by atoms with Crippen LogP contribution in [0.4, 0.5) is 5.82 Å². The van der Waals surface area contributed by atoms with Crippen molar-refractivity contribution in [2.75, 3.05) is 5.73 Å². The minimum absolute atomic E-state index is 0.0404. The molecule has 0 bridgehead atoms. The number of aryl methyl sites for hydroxylation is 2. The van der Waals surface area contributed by atoms with Crippen LogP contribution in [0.1, 0.15) is 16.1 Å². The molecule has 18 heavy (non-hydrogen) atoms. The Kier molecular flexibility index (Phi) is 2.88. The van der Waals surface area contributed by atoms with Gasteiger partial charge in [0.2, 0.25) is 5.88 Å². The fourth-order valence-electron chi connectivity index (χ4n) is 1.50. The summed E-state index contributed by atoms with van der Waals surface area (Å²) >= 11 is 0. The van der Waals surface area contributed by atoms with Gasteiger partial charge in [0.1, 0.15) is 11.4 Å². The lowest BCUT2D eigenvalue weighted by Crippen LogP contribution is -2.04. The number of nitrogen functional groups attached to an aromatic ring is 1. The smallest absolute Gasteiger partial charge is 0.339 e. The average Bonchev–Trinajstić information content (AvgIpc) is 2.60. The number of pyridine rings is 1. The number of hydrogen-bond donors (Lipinski definition) is 2. The van der Waals surface area contributed by atoms with Crippen molar-refractivity contribution in [3.8, 4) is 11.6 Å². The van der Waals surface area contributed by atoms with Crippen molar-refractivity contribution < 1.29 is 14.6 Å². The highest BCUT2D eigenvalue weighted by Crippen LogP contribution is 2.25. The maximum atomic E-state index is 11.1. The molecule has 0 aliphatic carbocycles. The van der Waals surface area contributed by atoms with Gasteiger partial charge in [-0.1, -0.05) is 0 Å². The summed E-state index contributed by atoms with van der Waals surface area (Å²) in [7, 11) is 1.70. The van der Waals surface area contributed by atoms with Crippen LogP contribution in [0.2, 0.25) is 0 Å². The minimum Gasteiger partial charge on any atom is -0.478 e. The largest absolute Gasteiger partial charge is 0.478 e.